The van der Waals surface area contributed by atoms with Crippen LogP contribution in [0.5, 0.6) is 5.75 Å². The number of hydrogen-bond acceptors (Lipinski definition) is 5. The first-order chi connectivity index (χ1) is 13.6. The van der Waals surface area contributed by atoms with E-state index in [1.165, 1.54) is 11.8 Å². The second-order valence-electron chi connectivity index (χ2n) is 5.78. The molecule has 0 aliphatic carbocycles. The minimum atomic E-state index is -0.226. The fourth-order valence-electron chi connectivity index (χ4n) is 2.36. The number of ether oxygens (including phenoxy) is 1. The number of carbonyl (C=O) groups is 2. The average molecular weight is 393 g/mol. The zero-order valence-corrected chi connectivity index (χ0v) is 16.0. The quantitative estimate of drug-likeness (QED) is 0.592. The summed E-state index contributed by atoms with van der Waals surface area (Å²) >= 11 is 1.43. The van der Waals surface area contributed by atoms with Crippen LogP contribution in [0.2, 0.25) is 0 Å². The largest absolute Gasteiger partial charge is 0.497 e. The summed E-state index contributed by atoms with van der Waals surface area (Å²) in [5.41, 5.74) is 1.82. The van der Waals surface area contributed by atoms with E-state index in [1.54, 1.807) is 68.0 Å². The molecule has 0 aliphatic heterocycles. The fourth-order valence-corrected chi connectivity index (χ4v) is 3.05. The number of carbonyl (C=O) groups excluding carboxylic acids is 2. The molecule has 7 heteroatoms. The number of nitrogens with zero attached hydrogens (tertiary/aromatic N) is 1. The first-order valence-electron chi connectivity index (χ1n) is 8.52. The molecule has 2 amide bonds. The van der Waals surface area contributed by atoms with E-state index in [-0.39, 0.29) is 11.8 Å². The molecule has 0 radical (unpaired) electrons. The van der Waals surface area contributed by atoms with Crippen molar-refractivity contribution in [1.82, 2.24) is 4.98 Å². The number of pyridine rings is 1. The maximum Gasteiger partial charge on any atom is 0.255 e. The lowest BCUT2D eigenvalue weighted by Crippen LogP contribution is -2.15. The van der Waals surface area contributed by atoms with E-state index in [9.17, 15) is 9.59 Å². The number of aromatic nitrogens is 1. The van der Waals surface area contributed by atoms with Crippen molar-refractivity contribution in [3.05, 3.63) is 78.6 Å². The summed E-state index contributed by atoms with van der Waals surface area (Å²) in [5.74, 6) is 0.678. The normalized spacial score (nSPS) is 10.2. The van der Waals surface area contributed by atoms with Gasteiger partial charge >= 0.3 is 0 Å². The van der Waals surface area contributed by atoms with Gasteiger partial charge in [0, 0.05) is 34.2 Å². The van der Waals surface area contributed by atoms with E-state index in [0.29, 0.717) is 22.7 Å². The van der Waals surface area contributed by atoms with Crippen LogP contribution in [0.4, 0.5) is 11.4 Å². The van der Waals surface area contributed by atoms with Gasteiger partial charge in [0.25, 0.3) is 5.91 Å². The van der Waals surface area contributed by atoms with Crippen molar-refractivity contribution >= 4 is 35.0 Å². The molecular formula is C21H19N3O3S. The Bertz CT molecular complexity index is 929. The average Bonchev–Trinajstić information content (AvgIpc) is 2.74. The SMILES string of the molecule is COc1ccc(NC(=O)c2ccc(NC(=O)CSc3ccncc3)cc2)cc1. The molecule has 0 fully saturated rings. The van der Waals surface area contributed by atoms with Crippen LogP contribution in [0, 0.1) is 0 Å². The van der Waals surface area contributed by atoms with Gasteiger partial charge in [-0.05, 0) is 60.7 Å². The highest BCUT2D eigenvalue weighted by atomic mass is 32.2. The van der Waals surface area contributed by atoms with Gasteiger partial charge < -0.3 is 15.4 Å². The van der Waals surface area contributed by atoms with E-state index in [4.69, 9.17) is 4.74 Å². The van der Waals surface area contributed by atoms with E-state index in [2.05, 4.69) is 15.6 Å². The van der Waals surface area contributed by atoms with Crippen LogP contribution in [0.15, 0.2) is 78.0 Å². The van der Waals surface area contributed by atoms with Crippen molar-refractivity contribution in [2.24, 2.45) is 0 Å². The minimum absolute atomic E-state index is 0.114. The van der Waals surface area contributed by atoms with Gasteiger partial charge in [-0.3, -0.25) is 14.6 Å². The molecule has 2 aromatic carbocycles. The molecule has 0 atom stereocenters. The highest BCUT2D eigenvalue weighted by Gasteiger charge is 2.08. The summed E-state index contributed by atoms with van der Waals surface area (Å²) in [7, 11) is 1.59. The molecule has 0 spiro atoms. The summed E-state index contributed by atoms with van der Waals surface area (Å²) in [6.07, 6.45) is 3.38. The van der Waals surface area contributed by atoms with Crippen LogP contribution < -0.4 is 15.4 Å². The molecular weight excluding hydrogens is 374 g/mol. The number of rotatable bonds is 7. The minimum Gasteiger partial charge on any atom is -0.497 e. The number of anilines is 2. The predicted octanol–water partition coefficient (Wildman–Crippen LogP) is 4.07. The lowest BCUT2D eigenvalue weighted by atomic mass is 10.2. The molecule has 3 rings (SSSR count). The van der Waals surface area contributed by atoms with Crippen molar-refractivity contribution in [3.8, 4) is 5.75 Å². The van der Waals surface area contributed by atoms with Crippen molar-refractivity contribution in [2.75, 3.05) is 23.5 Å². The Morgan fingerprint density at radius 1 is 0.893 bits per heavy atom. The number of methoxy groups -OCH3 is 1. The number of nitrogens with one attached hydrogen (secondary N) is 2. The molecule has 142 valence electrons. The fraction of sp³-hybridized carbons (Fsp3) is 0.0952. The zero-order valence-electron chi connectivity index (χ0n) is 15.2. The monoisotopic (exact) mass is 393 g/mol. The summed E-state index contributed by atoms with van der Waals surface area (Å²) in [6.45, 7) is 0. The Balaban J connectivity index is 1.52. The van der Waals surface area contributed by atoms with Crippen LogP contribution in [0.25, 0.3) is 0 Å². The van der Waals surface area contributed by atoms with Crippen molar-refractivity contribution < 1.29 is 14.3 Å². The molecule has 6 nitrogen and oxygen atoms in total. The zero-order chi connectivity index (χ0) is 19.8. The van der Waals surface area contributed by atoms with E-state index >= 15 is 0 Å². The van der Waals surface area contributed by atoms with Gasteiger partial charge in [-0.15, -0.1) is 11.8 Å². The third kappa shape index (κ3) is 5.59. The summed E-state index contributed by atoms with van der Waals surface area (Å²) in [4.78, 5) is 29.3. The Labute approximate surface area is 167 Å². The molecule has 0 bridgehead atoms. The second-order valence-corrected chi connectivity index (χ2v) is 6.83. The first-order valence-corrected chi connectivity index (χ1v) is 9.51. The van der Waals surface area contributed by atoms with Crippen molar-refractivity contribution in [2.45, 2.75) is 4.90 Å². The van der Waals surface area contributed by atoms with Crippen LogP contribution in [-0.4, -0.2) is 29.7 Å². The Hall–Kier alpha value is -3.32. The number of hydrogen-bond donors (Lipinski definition) is 2. The first kappa shape index (κ1) is 19.4. The molecule has 1 aromatic heterocycles. The maximum atomic E-state index is 12.3. The molecule has 0 aliphatic rings. The van der Waals surface area contributed by atoms with Crippen molar-refractivity contribution in [3.63, 3.8) is 0 Å². The van der Waals surface area contributed by atoms with E-state index in [0.717, 1.165) is 10.6 Å². The highest BCUT2D eigenvalue weighted by molar-refractivity contribution is 8.00. The van der Waals surface area contributed by atoms with Crippen LogP contribution >= 0.6 is 11.8 Å². The topological polar surface area (TPSA) is 80.3 Å². The Morgan fingerprint density at radius 2 is 1.50 bits per heavy atom. The molecule has 0 saturated heterocycles. The van der Waals surface area contributed by atoms with Gasteiger partial charge in [0.1, 0.15) is 5.75 Å². The Kier molecular flexibility index (Phi) is 6.64. The van der Waals surface area contributed by atoms with E-state index in [1.807, 2.05) is 12.1 Å². The lowest BCUT2D eigenvalue weighted by molar-refractivity contribution is -0.113. The molecule has 28 heavy (non-hydrogen) atoms. The lowest BCUT2D eigenvalue weighted by Gasteiger charge is -2.08. The standard InChI is InChI=1S/C21H19N3O3S/c1-27-18-8-6-17(7-9-18)24-21(26)15-2-4-16(5-3-15)23-20(25)14-28-19-10-12-22-13-11-19/h2-13H,14H2,1H3,(H,23,25)(H,24,26). The van der Waals surface area contributed by atoms with Gasteiger partial charge in [0.05, 0.1) is 12.9 Å². The molecule has 2 N–H and O–H groups in total. The highest BCUT2D eigenvalue weighted by Crippen LogP contribution is 2.18. The van der Waals surface area contributed by atoms with Gasteiger partial charge in [-0.1, -0.05) is 0 Å². The van der Waals surface area contributed by atoms with Gasteiger partial charge in [-0.2, -0.15) is 0 Å². The summed E-state index contributed by atoms with van der Waals surface area (Å²) in [5, 5.41) is 5.64. The third-order valence-electron chi connectivity index (χ3n) is 3.80. The second kappa shape index (κ2) is 9.57. The number of benzene rings is 2. The molecule has 1 heterocycles. The van der Waals surface area contributed by atoms with Gasteiger partial charge in [-0.25, -0.2) is 0 Å². The number of thioether (sulfide) groups is 1. The summed E-state index contributed by atoms with van der Waals surface area (Å²) < 4.78 is 5.09. The van der Waals surface area contributed by atoms with Gasteiger partial charge in [0.2, 0.25) is 5.91 Å². The van der Waals surface area contributed by atoms with Crippen LogP contribution in [0.3, 0.4) is 0 Å². The Morgan fingerprint density at radius 3 is 2.14 bits per heavy atom. The number of amides is 2. The summed E-state index contributed by atoms with van der Waals surface area (Å²) in [6, 6.07) is 17.6. The molecule has 0 unspecified atom stereocenters. The molecule has 0 saturated carbocycles. The van der Waals surface area contributed by atoms with E-state index < -0.39 is 0 Å². The van der Waals surface area contributed by atoms with Crippen LogP contribution in [0.1, 0.15) is 10.4 Å². The maximum absolute atomic E-state index is 12.3. The smallest absolute Gasteiger partial charge is 0.255 e. The third-order valence-corrected chi connectivity index (χ3v) is 4.81. The predicted molar refractivity (Wildman–Crippen MR) is 111 cm³/mol. The van der Waals surface area contributed by atoms with Crippen molar-refractivity contribution in [1.29, 1.82) is 0 Å². The van der Waals surface area contributed by atoms with Crippen LogP contribution in [-0.2, 0) is 4.79 Å². The molecule has 3 aromatic rings. The van der Waals surface area contributed by atoms with Gasteiger partial charge in [0.15, 0.2) is 0 Å².